The van der Waals surface area contributed by atoms with Gasteiger partial charge < -0.3 is 10.4 Å². The Bertz CT molecular complexity index is 413. The maximum atomic E-state index is 9.38. The molecule has 0 aromatic carbocycles. The lowest BCUT2D eigenvalue weighted by Gasteiger charge is -2.24. The number of hydrogen-bond acceptors (Lipinski definition) is 3. The number of hydrogen-bond donors (Lipinski definition) is 2. The van der Waals surface area contributed by atoms with Gasteiger partial charge in [0.15, 0.2) is 0 Å². The third-order valence-electron chi connectivity index (χ3n) is 4.36. The largest absolute Gasteiger partial charge is 0.396 e. The van der Waals surface area contributed by atoms with Gasteiger partial charge in [0, 0.05) is 37.0 Å². The molecule has 1 aromatic heterocycles. The normalized spacial score (nSPS) is 25.6. The predicted octanol–water partition coefficient (Wildman–Crippen LogP) is 1.85. The van der Waals surface area contributed by atoms with Crippen LogP contribution in [0.3, 0.4) is 0 Å². The van der Waals surface area contributed by atoms with E-state index in [4.69, 9.17) is 0 Å². The number of rotatable bonds is 4. The van der Waals surface area contributed by atoms with E-state index in [2.05, 4.69) is 31.2 Å². The molecule has 0 bridgehead atoms. The Morgan fingerprint density at radius 1 is 1.44 bits per heavy atom. The predicted molar refractivity (Wildman–Crippen MR) is 72.4 cm³/mol. The fraction of sp³-hybridized carbons (Fsp3) is 0.786. The Kier molecular flexibility index (Phi) is 4.07. The lowest BCUT2D eigenvalue weighted by molar-refractivity contribution is 0.200. The minimum absolute atomic E-state index is 0.301. The summed E-state index contributed by atoms with van der Waals surface area (Å²) in [7, 11) is 1.99. The van der Waals surface area contributed by atoms with E-state index < -0.39 is 0 Å². The van der Waals surface area contributed by atoms with Crippen LogP contribution in [0, 0.1) is 19.8 Å². The van der Waals surface area contributed by atoms with E-state index in [-0.39, 0.29) is 0 Å². The van der Waals surface area contributed by atoms with Gasteiger partial charge in [-0.15, -0.1) is 0 Å². The van der Waals surface area contributed by atoms with Crippen molar-refractivity contribution in [1.29, 1.82) is 0 Å². The summed E-state index contributed by atoms with van der Waals surface area (Å²) in [6.07, 6.45) is 3.54. The van der Waals surface area contributed by atoms with E-state index in [1.807, 2.05) is 11.7 Å². The molecule has 0 aliphatic heterocycles. The summed E-state index contributed by atoms with van der Waals surface area (Å²) < 4.78 is 1.95. The zero-order valence-electron chi connectivity index (χ0n) is 11.9. The third kappa shape index (κ3) is 2.45. The van der Waals surface area contributed by atoms with Crippen LogP contribution in [0.25, 0.3) is 0 Å². The van der Waals surface area contributed by atoms with E-state index in [9.17, 15) is 5.11 Å². The first-order chi connectivity index (χ1) is 8.54. The van der Waals surface area contributed by atoms with Gasteiger partial charge in [0.2, 0.25) is 0 Å². The van der Waals surface area contributed by atoms with E-state index in [0.29, 0.717) is 24.6 Å². The average molecular weight is 251 g/mol. The molecule has 0 radical (unpaired) electrons. The fourth-order valence-electron chi connectivity index (χ4n) is 3.30. The molecule has 1 fully saturated rings. The zero-order chi connectivity index (χ0) is 13.3. The zero-order valence-corrected chi connectivity index (χ0v) is 11.9. The van der Waals surface area contributed by atoms with Gasteiger partial charge in [-0.2, -0.15) is 5.10 Å². The van der Waals surface area contributed by atoms with Gasteiger partial charge in [-0.05, 0) is 39.5 Å². The molecule has 0 spiro atoms. The van der Waals surface area contributed by atoms with Crippen LogP contribution in [0.1, 0.15) is 49.2 Å². The van der Waals surface area contributed by atoms with E-state index >= 15 is 0 Å². The number of aliphatic hydroxyl groups is 1. The van der Waals surface area contributed by atoms with Crippen molar-refractivity contribution in [3.8, 4) is 0 Å². The van der Waals surface area contributed by atoms with Crippen LogP contribution in [0.4, 0.5) is 0 Å². The Balaban J connectivity index is 2.09. The Labute approximate surface area is 109 Å². The lowest BCUT2D eigenvalue weighted by Crippen LogP contribution is -2.36. The second kappa shape index (κ2) is 5.41. The van der Waals surface area contributed by atoms with Crippen molar-refractivity contribution < 1.29 is 5.11 Å². The summed E-state index contributed by atoms with van der Waals surface area (Å²) in [4.78, 5) is 0. The maximum Gasteiger partial charge on any atom is 0.0644 e. The number of aliphatic hydroxyl groups excluding tert-OH is 1. The summed E-state index contributed by atoms with van der Waals surface area (Å²) in [5, 5.41) is 17.5. The molecular formula is C14H25N3O. The highest BCUT2D eigenvalue weighted by Gasteiger charge is 2.28. The standard InChI is InChI=1S/C14H25N3O/c1-9(14-10(2)16-17(4)11(14)3)15-13-7-5-6-12(13)8-18/h9,12-13,15,18H,5-8H2,1-4H3. The summed E-state index contributed by atoms with van der Waals surface area (Å²) in [5.74, 6) is 0.421. The Morgan fingerprint density at radius 3 is 2.72 bits per heavy atom. The van der Waals surface area contributed by atoms with Gasteiger partial charge >= 0.3 is 0 Å². The molecule has 1 saturated carbocycles. The minimum atomic E-state index is 0.301. The van der Waals surface area contributed by atoms with Crippen molar-refractivity contribution in [2.45, 2.75) is 52.1 Å². The number of aromatic nitrogens is 2. The van der Waals surface area contributed by atoms with Gasteiger partial charge in [-0.3, -0.25) is 4.68 Å². The fourth-order valence-corrected chi connectivity index (χ4v) is 3.30. The summed E-state index contributed by atoms with van der Waals surface area (Å²) in [6, 6.07) is 0.750. The molecule has 2 rings (SSSR count). The van der Waals surface area contributed by atoms with Crippen LogP contribution in [0.5, 0.6) is 0 Å². The molecule has 0 amide bonds. The van der Waals surface area contributed by atoms with Gasteiger partial charge in [0.1, 0.15) is 0 Å². The Morgan fingerprint density at radius 2 is 2.17 bits per heavy atom. The lowest BCUT2D eigenvalue weighted by atomic mass is 10.0. The maximum absolute atomic E-state index is 9.38. The van der Waals surface area contributed by atoms with Crippen molar-refractivity contribution in [1.82, 2.24) is 15.1 Å². The molecule has 1 aliphatic carbocycles. The molecule has 1 heterocycles. The molecule has 102 valence electrons. The quantitative estimate of drug-likeness (QED) is 0.858. The molecular weight excluding hydrogens is 226 g/mol. The molecule has 1 aliphatic rings. The smallest absolute Gasteiger partial charge is 0.0644 e. The molecule has 3 unspecified atom stereocenters. The van der Waals surface area contributed by atoms with Crippen LogP contribution in [0.15, 0.2) is 0 Å². The highest BCUT2D eigenvalue weighted by Crippen LogP contribution is 2.29. The summed E-state index contributed by atoms with van der Waals surface area (Å²) in [6.45, 7) is 6.68. The van der Waals surface area contributed by atoms with Gasteiger partial charge in [-0.1, -0.05) is 6.42 Å². The minimum Gasteiger partial charge on any atom is -0.396 e. The average Bonchev–Trinajstić information content (AvgIpc) is 2.85. The van der Waals surface area contributed by atoms with Gasteiger partial charge in [0.05, 0.1) is 5.69 Å². The number of nitrogens with one attached hydrogen (secondary N) is 1. The van der Waals surface area contributed by atoms with Crippen molar-refractivity contribution in [2.24, 2.45) is 13.0 Å². The number of aryl methyl sites for hydroxylation is 2. The first-order valence-corrected chi connectivity index (χ1v) is 6.91. The van der Waals surface area contributed by atoms with E-state index in [1.54, 1.807) is 0 Å². The molecule has 2 N–H and O–H groups in total. The first-order valence-electron chi connectivity index (χ1n) is 6.91. The van der Waals surface area contributed by atoms with Crippen molar-refractivity contribution in [3.05, 3.63) is 17.0 Å². The SMILES string of the molecule is Cc1nn(C)c(C)c1C(C)NC1CCCC1CO. The second-order valence-electron chi connectivity index (χ2n) is 5.58. The topological polar surface area (TPSA) is 50.1 Å². The van der Waals surface area contributed by atoms with Crippen molar-refractivity contribution >= 4 is 0 Å². The number of nitrogens with zero attached hydrogens (tertiary/aromatic N) is 2. The monoisotopic (exact) mass is 251 g/mol. The second-order valence-corrected chi connectivity index (χ2v) is 5.58. The van der Waals surface area contributed by atoms with Crippen LogP contribution >= 0.6 is 0 Å². The van der Waals surface area contributed by atoms with Gasteiger partial charge in [-0.25, -0.2) is 0 Å². The highest BCUT2D eigenvalue weighted by molar-refractivity contribution is 5.27. The van der Waals surface area contributed by atoms with E-state index in [1.165, 1.54) is 24.1 Å². The molecule has 18 heavy (non-hydrogen) atoms. The van der Waals surface area contributed by atoms with E-state index in [0.717, 1.165) is 12.1 Å². The van der Waals surface area contributed by atoms with Crippen LogP contribution in [0.2, 0.25) is 0 Å². The third-order valence-corrected chi connectivity index (χ3v) is 4.36. The van der Waals surface area contributed by atoms with Crippen molar-refractivity contribution in [3.63, 3.8) is 0 Å². The van der Waals surface area contributed by atoms with Crippen LogP contribution in [-0.2, 0) is 7.05 Å². The van der Waals surface area contributed by atoms with Gasteiger partial charge in [0.25, 0.3) is 0 Å². The molecule has 4 heteroatoms. The Hall–Kier alpha value is -0.870. The molecule has 0 saturated heterocycles. The first kappa shape index (κ1) is 13.6. The highest BCUT2D eigenvalue weighted by atomic mass is 16.3. The molecule has 3 atom stereocenters. The molecule has 4 nitrogen and oxygen atoms in total. The summed E-state index contributed by atoms with van der Waals surface area (Å²) >= 11 is 0. The molecule has 1 aromatic rings. The van der Waals surface area contributed by atoms with Crippen LogP contribution in [-0.4, -0.2) is 27.5 Å². The van der Waals surface area contributed by atoms with Crippen molar-refractivity contribution in [2.75, 3.05) is 6.61 Å². The van der Waals surface area contributed by atoms with Crippen LogP contribution < -0.4 is 5.32 Å². The summed E-state index contributed by atoms with van der Waals surface area (Å²) in [5.41, 5.74) is 3.64.